The average molecular weight is 300 g/mol. The topological polar surface area (TPSA) is 84.3 Å². The minimum atomic E-state index is -3.25. The molecule has 1 atom stereocenters. The Balaban J connectivity index is 2.09. The first kappa shape index (κ1) is 15.0. The van der Waals surface area contributed by atoms with E-state index in [0.717, 1.165) is 24.8 Å². The highest BCUT2D eigenvalue weighted by molar-refractivity contribution is 7.88. The molecule has 1 aromatic rings. The van der Waals surface area contributed by atoms with Crippen molar-refractivity contribution in [2.75, 3.05) is 19.3 Å². The number of sulfonamides is 1. The van der Waals surface area contributed by atoms with Gasteiger partial charge in [-0.25, -0.2) is 13.1 Å². The van der Waals surface area contributed by atoms with Crippen molar-refractivity contribution in [3.05, 3.63) is 17.5 Å². The second-order valence-corrected chi connectivity index (χ2v) is 7.05. The van der Waals surface area contributed by atoms with Crippen LogP contribution in [0.4, 0.5) is 0 Å². The molecule has 0 radical (unpaired) electrons. The maximum atomic E-state index is 12.4. The Morgan fingerprint density at radius 2 is 2.20 bits per heavy atom. The van der Waals surface area contributed by atoms with Gasteiger partial charge in [-0.1, -0.05) is 0 Å². The number of hydrogen-bond donors (Lipinski definition) is 1. The Hall–Kier alpha value is -1.41. The van der Waals surface area contributed by atoms with Gasteiger partial charge in [-0.05, 0) is 25.8 Å². The van der Waals surface area contributed by atoms with Crippen molar-refractivity contribution in [3.63, 3.8) is 0 Å². The molecule has 112 valence electrons. The van der Waals surface area contributed by atoms with E-state index < -0.39 is 10.0 Å². The van der Waals surface area contributed by atoms with E-state index in [0.29, 0.717) is 18.8 Å². The second-order valence-electron chi connectivity index (χ2n) is 5.27. The third-order valence-electron chi connectivity index (χ3n) is 3.31. The van der Waals surface area contributed by atoms with E-state index in [9.17, 15) is 13.2 Å². The smallest absolute Gasteiger partial charge is 0.272 e. The summed E-state index contributed by atoms with van der Waals surface area (Å²) >= 11 is 0. The molecule has 1 saturated heterocycles. The highest BCUT2D eigenvalue weighted by atomic mass is 32.2. The van der Waals surface area contributed by atoms with Crippen molar-refractivity contribution in [2.45, 2.75) is 25.8 Å². The van der Waals surface area contributed by atoms with Crippen molar-refractivity contribution in [1.29, 1.82) is 0 Å². The third kappa shape index (κ3) is 3.57. The zero-order valence-electron chi connectivity index (χ0n) is 12.0. The lowest BCUT2D eigenvalue weighted by Gasteiger charge is -2.32. The monoisotopic (exact) mass is 300 g/mol. The molecule has 8 heteroatoms. The van der Waals surface area contributed by atoms with E-state index in [2.05, 4.69) is 9.82 Å². The number of aromatic nitrogens is 2. The predicted molar refractivity (Wildman–Crippen MR) is 74.9 cm³/mol. The maximum Gasteiger partial charge on any atom is 0.272 e. The zero-order valence-corrected chi connectivity index (χ0v) is 12.8. The fourth-order valence-electron chi connectivity index (χ4n) is 2.53. The van der Waals surface area contributed by atoms with Gasteiger partial charge in [-0.2, -0.15) is 5.10 Å². The number of piperidine rings is 1. The molecular formula is C12H20N4O3S. The molecule has 0 bridgehead atoms. The number of rotatable bonds is 3. The molecule has 1 unspecified atom stereocenters. The van der Waals surface area contributed by atoms with Crippen LogP contribution in [0.3, 0.4) is 0 Å². The van der Waals surface area contributed by atoms with Crippen LogP contribution in [0.2, 0.25) is 0 Å². The minimum absolute atomic E-state index is 0.104. The number of likely N-dealkylation sites (tertiary alicyclic amines) is 1. The van der Waals surface area contributed by atoms with Gasteiger partial charge in [0.05, 0.1) is 11.9 Å². The SMILES string of the molecule is Cc1cc(C(=O)N2CCCC(NS(C)(=O)=O)C2)n(C)n1. The zero-order chi connectivity index (χ0) is 14.9. The molecule has 1 fully saturated rings. The molecule has 0 aliphatic carbocycles. The number of nitrogens with zero attached hydrogens (tertiary/aromatic N) is 3. The van der Waals surface area contributed by atoms with Crippen LogP contribution in [0, 0.1) is 6.92 Å². The summed E-state index contributed by atoms with van der Waals surface area (Å²) in [4.78, 5) is 14.1. The van der Waals surface area contributed by atoms with Crippen LogP contribution >= 0.6 is 0 Å². The van der Waals surface area contributed by atoms with Crippen LogP contribution in [0.1, 0.15) is 29.0 Å². The van der Waals surface area contributed by atoms with Gasteiger partial charge in [-0.3, -0.25) is 9.48 Å². The fourth-order valence-corrected chi connectivity index (χ4v) is 3.33. The van der Waals surface area contributed by atoms with Crippen molar-refractivity contribution in [2.24, 2.45) is 7.05 Å². The first-order valence-electron chi connectivity index (χ1n) is 6.53. The van der Waals surface area contributed by atoms with Gasteiger partial charge in [0.15, 0.2) is 0 Å². The van der Waals surface area contributed by atoms with E-state index >= 15 is 0 Å². The number of aryl methyl sites for hydroxylation is 2. The molecule has 1 aliphatic heterocycles. The van der Waals surface area contributed by atoms with Crippen molar-refractivity contribution in [1.82, 2.24) is 19.4 Å². The summed E-state index contributed by atoms with van der Waals surface area (Å²) in [5.41, 5.74) is 1.32. The van der Waals surface area contributed by atoms with E-state index in [1.165, 1.54) is 0 Å². The molecule has 7 nitrogen and oxygen atoms in total. The van der Waals surface area contributed by atoms with Crippen LogP contribution < -0.4 is 4.72 Å². The Morgan fingerprint density at radius 1 is 1.50 bits per heavy atom. The summed E-state index contributed by atoms with van der Waals surface area (Å²) in [6.45, 7) is 2.88. The Bertz CT molecular complexity index is 608. The molecule has 20 heavy (non-hydrogen) atoms. The van der Waals surface area contributed by atoms with Crippen molar-refractivity contribution >= 4 is 15.9 Å². The summed E-state index contributed by atoms with van der Waals surface area (Å²) in [7, 11) is -1.51. The van der Waals surface area contributed by atoms with Gasteiger partial charge in [0, 0.05) is 26.2 Å². The third-order valence-corrected chi connectivity index (χ3v) is 4.07. The fraction of sp³-hybridized carbons (Fsp3) is 0.667. The molecule has 1 aromatic heterocycles. The molecular weight excluding hydrogens is 280 g/mol. The first-order valence-corrected chi connectivity index (χ1v) is 8.42. The lowest BCUT2D eigenvalue weighted by Crippen LogP contribution is -2.49. The van der Waals surface area contributed by atoms with Gasteiger partial charge < -0.3 is 4.90 Å². The van der Waals surface area contributed by atoms with Gasteiger partial charge in [0.1, 0.15) is 5.69 Å². The van der Waals surface area contributed by atoms with Crippen LogP contribution in [-0.2, 0) is 17.1 Å². The normalized spacial score (nSPS) is 20.1. The molecule has 1 N–H and O–H groups in total. The molecule has 0 aromatic carbocycles. The van der Waals surface area contributed by atoms with Gasteiger partial charge in [0.2, 0.25) is 10.0 Å². The maximum absolute atomic E-state index is 12.4. The molecule has 0 saturated carbocycles. The molecule has 2 heterocycles. The van der Waals surface area contributed by atoms with Crippen LogP contribution in [0.5, 0.6) is 0 Å². The van der Waals surface area contributed by atoms with E-state index in [-0.39, 0.29) is 11.9 Å². The van der Waals surface area contributed by atoms with Gasteiger partial charge in [0.25, 0.3) is 5.91 Å². The number of nitrogens with one attached hydrogen (secondary N) is 1. The van der Waals surface area contributed by atoms with Crippen LogP contribution in [0.25, 0.3) is 0 Å². The predicted octanol–water partition coefficient (Wildman–Crippen LogP) is -0.118. The first-order chi connectivity index (χ1) is 9.26. The molecule has 2 rings (SSSR count). The van der Waals surface area contributed by atoms with E-state index in [1.54, 1.807) is 22.7 Å². The quantitative estimate of drug-likeness (QED) is 0.843. The molecule has 1 amide bonds. The summed E-state index contributed by atoms with van der Waals surface area (Å²) in [5, 5.41) is 4.16. The number of carbonyl (C=O) groups excluding carboxylic acids is 1. The van der Waals surface area contributed by atoms with E-state index in [4.69, 9.17) is 0 Å². The Labute approximate surface area is 119 Å². The Morgan fingerprint density at radius 3 is 2.75 bits per heavy atom. The lowest BCUT2D eigenvalue weighted by molar-refractivity contribution is 0.0692. The Kier molecular flexibility index (Phi) is 4.14. The number of carbonyl (C=O) groups is 1. The second kappa shape index (κ2) is 5.53. The number of hydrogen-bond acceptors (Lipinski definition) is 4. The summed E-state index contributed by atoms with van der Waals surface area (Å²) in [5.74, 6) is -0.104. The van der Waals surface area contributed by atoms with Crippen molar-refractivity contribution < 1.29 is 13.2 Å². The highest BCUT2D eigenvalue weighted by Gasteiger charge is 2.27. The van der Waals surface area contributed by atoms with E-state index in [1.807, 2.05) is 6.92 Å². The number of amides is 1. The van der Waals surface area contributed by atoms with Crippen molar-refractivity contribution in [3.8, 4) is 0 Å². The largest absolute Gasteiger partial charge is 0.336 e. The summed E-state index contributed by atoms with van der Waals surface area (Å²) in [6.07, 6.45) is 2.68. The van der Waals surface area contributed by atoms with Crippen LogP contribution in [-0.4, -0.2) is 54.4 Å². The van der Waals surface area contributed by atoms with Gasteiger partial charge in [-0.15, -0.1) is 0 Å². The minimum Gasteiger partial charge on any atom is -0.336 e. The summed E-state index contributed by atoms with van der Waals surface area (Å²) < 4.78 is 26.7. The lowest BCUT2D eigenvalue weighted by atomic mass is 10.1. The van der Waals surface area contributed by atoms with Gasteiger partial charge >= 0.3 is 0 Å². The average Bonchev–Trinajstić information content (AvgIpc) is 2.65. The van der Waals surface area contributed by atoms with Crippen LogP contribution in [0.15, 0.2) is 6.07 Å². The summed E-state index contributed by atoms with van der Waals surface area (Å²) in [6, 6.07) is 1.53. The standard InChI is InChI=1S/C12H20N4O3S/c1-9-7-11(15(2)13-9)12(17)16-6-4-5-10(8-16)14-20(3,18)19/h7,10,14H,4-6,8H2,1-3H3. The highest BCUT2D eigenvalue weighted by Crippen LogP contribution is 2.14. The molecule has 1 aliphatic rings. The molecule has 0 spiro atoms.